The number of anilines is 1. The van der Waals surface area contributed by atoms with Crippen molar-refractivity contribution >= 4 is 5.69 Å². The van der Waals surface area contributed by atoms with Crippen LogP contribution in [0.15, 0.2) is 18.2 Å². The highest BCUT2D eigenvalue weighted by Gasteiger charge is 2.07. The van der Waals surface area contributed by atoms with Gasteiger partial charge < -0.3 is 5.32 Å². The minimum absolute atomic E-state index is 0.241. The minimum Gasteiger partial charge on any atom is -0.382 e. The van der Waals surface area contributed by atoms with Crippen LogP contribution in [-0.4, -0.2) is 6.54 Å². The first-order valence-electron chi connectivity index (χ1n) is 4.83. The molecule has 0 saturated heterocycles. The molecular formula is C11H15F2N. The topological polar surface area (TPSA) is 12.0 Å². The molecule has 0 saturated carbocycles. The molecule has 0 spiro atoms. The summed E-state index contributed by atoms with van der Waals surface area (Å²) in [5, 5.41) is 2.89. The zero-order valence-electron chi connectivity index (χ0n) is 8.48. The van der Waals surface area contributed by atoms with Crippen molar-refractivity contribution in [1.82, 2.24) is 0 Å². The maximum Gasteiger partial charge on any atom is 0.181 e. The summed E-state index contributed by atoms with van der Waals surface area (Å²) in [6.07, 6.45) is 1.02. The van der Waals surface area contributed by atoms with E-state index in [0.29, 0.717) is 12.5 Å². The van der Waals surface area contributed by atoms with Crippen molar-refractivity contribution in [2.24, 2.45) is 5.92 Å². The standard InChI is InChI=1S/C11H15F2N/c1-3-8(2)7-14-10-6-4-5-9(12)11(10)13/h4-6,8,14H,3,7H2,1-2H3/t8-/m1/s1. The Morgan fingerprint density at radius 2 is 2.07 bits per heavy atom. The van der Waals surface area contributed by atoms with E-state index >= 15 is 0 Å². The molecule has 1 nitrogen and oxygen atoms in total. The van der Waals surface area contributed by atoms with Gasteiger partial charge in [-0.2, -0.15) is 0 Å². The molecule has 1 N–H and O–H groups in total. The fourth-order valence-electron chi connectivity index (χ4n) is 1.07. The van der Waals surface area contributed by atoms with Gasteiger partial charge >= 0.3 is 0 Å². The first-order valence-corrected chi connectivity index (χ1v) is 4.83. The molecule has 1 aromatic carbocycles. The number of hydrogen-bond donors (Lipinski definition) is 1. The lowest BCUT2D eigenvalue weighted by molar-refractivity contribution is 0.509. The van der Waals surface area contributed by atoms with Gasteiger partial charge in [0.15, 0.2) is 11.6 Å². The highest BCUT2D eigenvalue weighted by Crippen LogP contribution is 2.17. The number of halogens is 2. The second-order valence-corrected chi connectivity index (χ2v) is 3.50. The van der Waals surface area contributed by atoms with Crippen molar-refractivity contribution in [3.63, 3.8) is 0 Å². The van der Waals surface area contributed by atoms with Crippen molar-refractivity contribution in [2.75, 3.05) is 11.9 Å². The van der Waals surface area contributed by atoms with E-state index in [4.69, 9.17) is 0 Å². The van der Waals surface area contributed by atoms with Crippen LogP contribution >= 0.6 is 0 Å². The molecule has 0 radical (unpaired) electrons. The maximum absolute atomic E-state index is 13.1. The molecule has 0 bridgehead atoms. The van der Waals surface area contributed by atoms with Gasteiger partial charge in [0.1, 0.15) is 0 Å². The van der Waals surface area contributed by atoms with Crippen molar-refractivity contribution in [3.8, 4) is 0 Å². The fraction of sp³-hybridized carbons (Fsp3) is 0.455. The molecule has 0 amide bonds. The number of rotatable bonds is 4. The Balaban J connectivity index is 2.63. The third-order valence-electron chi connectivity index (χ3n) is 2.29. The Labute approximate surface area is 83.1 Å². The van der Waals surface area contributed by atoms with Gasteiger partial charge in [-0.15, -0.1) is 0 Å². The zero-order chi connectivity index (χ0) is 10.6. The molecule has 0 aliphatic heterocycles. The van der Waals surface area contributed by atoms with E-state index in [0.717, 1.165) is 12.5 Å². The molecule has 0 aliphatic carbocycles. The average Bonchev–Trinajstić information content (AvgIpc) is 2.20. The smallest absolute Gasteiger partial charge is 0.181 e. The lowest BCUT2D eigenvalue weighted by Crippen LogP contribution is -2.11. The Morgan fingerprint density at radius 1 is 1.36 bits per heavy atom. The normalized spacial score (nSPS) is 12.6. The molecule has 0 aliphatic rings. The summed E-state index contributed by atoms with van der Waals surface area (Å²) in [6, 6.07) is 4.15. The lowest BCUT2D eigenvalue weighted by atomic mass is 10.1. The Bertz CT molecular complexity index is 299. The summed E-state index contributed by atoms with van der Waals surface area (Å²) in [4.78, 5) is 0. The predicted molar refractivity (Wildman–Crippen MR) is 54.3 cm³/mol. The van der Waals surface area contributed by atoms with Crippen molar-refractivity contribution in [2.45, 2.75) is 20.3 Å². The molecule has 3 heteroatoms. The first kappa shape index (κ1) is 11.0. The molecule has 0 heterocycles. The van der Waals surface area contributed by atoms with E-state index in [1.165, 1.54) is 6.07 Å². The van der Waals surface area contributed by atoms with Crippen LogP contribution < -0.4 is 5.32 Å². The second kappa shape index (κ2) is 4.94. The second-order valence-electron chi connectivity index (χ2n) is 3.50. The summed E-state index contributed by atoms with van der Waals surface area (Å²) >= 11 is 0. The Kier molecular flexibility index (Phi) is 3.86. The number of benzene rings is 1. The van der Waals surface area contributed by atoms with Gasteiger partial charge in [0, 0.05) is 6.54 Å². The summed E-state index contributed by atoms with van der Waals surface area (Å²) in [7, 11) is 0. The van der Waals surface area contributed by atoms with Crippen molar-refractivity contribution in [1.29, 1.82) is 0 Å². The van der Waals surface area contributed by atoms with Crippen LogP contribution in [-0.2, 0) is 0 Å². The maximum atomic E-state index is 13.1. The number of hydrogen-bond acceptors (Lipinski definition) is 1. The van der Waals surface area contributed by atoms with Crippen LogP contribution in [0.1, 0.15) is 20.3 Å². The molecular weight excluding hydrogens is 184 g/mol. The van der Waals surface area contributed by atoms with Crippen LogP contribution in [0.2, 0.25) is 0 Å². The molecule has 78 valence electrons. The SMILES string of the molecule is CC[C@@H](C)CNc1cccc(F)c1F. The minimum atomic E-state index is -0.806. The third-order valence-corrected chi connectivity index (χ3v) is 2.29. The molecule has 0 aromatic heterocycles. The van der Waals surface area contributed by atoms with Gasteiger partial charge in [-0.3, -0.25) is 0 Å². The molecule has 0 fully saturated rings. The highest BCUT2D eigenvalue weighted by atomic mass is 19.2. The van der Waals surface area contributed by atoms with E-state index in [9.17, 15) is 8.78 Å². The summed E-state index contributed by atoms with van der Waals surface area (Å²) in [6.45, 7) is 4.79. The van der Waals surface area contributed by atoms with E-state index < -0.39 is 11.6 Å². The van der Waals surface area contributed by atoms with Crippen LogP contribution in [0.3, 0.4) is 0 Å². The average molecular weight is 199 g/mol. The Morgan fingerprint density at radius 3 is 2.71 bits per heavy atom. The van der Waals surface area contributed by atoms with Crippen molar-refractivity contribution < 1.29 is 8.78 Å². The summed E-state index contributed by atoms with van der Waals surface area (Å²) in [5.74, 6) is -1.15. The highest BCUT2D eigenvalue weighted by molar-refractivity contribution is 5.44. The molecule has 0 unspecified atom stereocenters. The first-order chi connectivity index (χ1) is 6.65. The predicted octanol–water partition coefficient (Wildman–Crippen LogP) is 3.42. The summed E-state index contributed by atoms with van der Waals surface area (Å²) in [5.41, 5.74) is 0.241. The fourth-order valence-corrected chi connectivity index (χ4v) is 1.07. The molecule has 1 aromatic rings. The van der Waals surface area contributed by atoms with E-state index in [-0.39, 0.29) is 5.69 Å². The monoisotopic (exact) mass is 199 g/mol. The summed E-state index contributed by atoms with van der Waals surface area (Å²) < 4.78 is 25.9. The van der Waals surface area contributed by atoms with Gasteiger partial charge in [-0.1, -0.05) is 26.3 Å². The van der Waals surface area contributed by atoms with Crippen LogP contribution in [0.25, 0.3) is 0 Å². The zero-order valence-corrected chi connectivity index (χ0v) is 8.48. The van der Waals surface area contributed by atoms with E-state index in [1.807, 2.05) is 0 Å². The quantitative estimate of drug-likeness (QED) is 0.783. The molecule has 1 atom stereocenters. The molecule has 14 heavy (non-hydrogen) atoms. The third kappa shape index (κ3) is 2.69. The van der Waals surface area contributed by atoms with Crippen molar-refractivity contribution in [3.05, 3.63) is 29.8 Å². The lowest BCUT2D eigenvalue weighted by Gasteiger charge is -2.11. The Hall–Kier alpha value is -1.12. The van der Waals surface area contributed by atoms with Gasteiger partial charge in [-0.25, -0.2) is 8.78 Å². The van der Waals surface area contributed by atoms with E-state index in [2.05, 4.69) is 19.2 Å². The van der Waals surface area contributed by atoms with Gasteiger partial charge in [0.05, 0.1) is 5.69 Å². The van der Waals surface area contributed by atoms with Crippen LogP contribution in [0.5, 0.6) is 0 Å². The van der Waals surface area contributed by atoms with Crippen LogP contribution in [0.4, 0.5) is 14.5 Å². The molecule has 1 rings (SSSR count). The van der Waals surface area contributed by atoms with Gasteiger partial charge in [0.25, 0.3) is 0 Å². The largest absolute Gasteiger partial charge is 0.382 e. The number of nitrogens with one attached hydrogen (secondary N) is 1. The van der Waals surface area contributed by atoms with Crippen LogP contribution in [0, 0.1) is 17.6 Å². The van der Waals surface area contributed by atoms with Gasteiger partial charge in [-0.05, 0) is 18.1 Å². The van der Waals surface area contributed by atoms with E-state index in [1.54, 1.807) is 6.07 Å². The van der Waals surface area contributed by atoms with Gasteiger partial charge in [0.2, 0.25) is 0 Å².